The average molecular weight is 241 g/mol. The fraction of sp³-hybridized carbons (Fsp3) is 0.312. The predicted octanol–water partition coefficient (Wildman–Crippen LogP) is 4.09. The number of pyridine rings is 1. The summed E-state index contributed by atoms with van der Waals surface area (Å²) in [7, 11) is 0. The van der Waals surface area contributed by atoms with Crippen molar-refractivity contribution < 1.29 is 4.74 Å². The van der Waals surface area contributed by atoms with Crippen LogP contribution in [0.2, 0.25) is 0 Å². The number of benzene rings is 1. The van der Waals surface area contributed by atoms with Gasteiger partial charge in [-0.1, -0.05) is 32.0 Å². The summed E-state index contributed by atoms with van der Waals surface area (Å²) in [6.07, 6.45) is 3.84. The number of aromatic nitrogens is 1. The maximum atomic E-state index is 5.77. The van der Waals surface area contributed by atoms with Crippen molar-refractivity contribution in [2.75, 3.05) is 0 Å². The number of ether oxygens (including phenoxy) is 1. The van der Waals surface area contributed by atoms with E-state index in [2.05, 4.69) is 25.8 Å². The van der Waals surface area contributed by atoms with Crippen molar-refractivity contribution in [3.63, 3.8) is 0 Å². The summed E-state index contributed by atoms with van der Waals surface area (Å²) in [6, 6.07) is 9.87. The Labute approximate surface area is 109 Å². The van der Waals surface area contributed by atoms with Gasteiger partial charge in [0.1, 0.15) is 12.4 Å². The first-order valence-corrected chi connectivity index (χ1v) is 6.29. The average Bonchev–Trinajstić information content (AvgIpc) is 2.38. The van der Waals surface area contributed by atoms with Gasteiger partial charge >= 0.3 is 0 Å². The normalized spacial score (nSPS) is 10.7. The summed E-state index contributed by atoms with van der Waals surface area (Å²) in [5.74, 6) is 1.39. The quantitative estimate of drug-likeness (QED) is 0.804. The number of para-hydroxylation sites is 1. The molecule has 0 fully saturated rings. The van der Waals surface area contributed by atoms with Crippen LogP contribution in [-0.2, 0) is 6.61 Å². The van der Waals surface area contributed by atoms with Crippen molar-refractivity contribution in [3.05, 3.63) is 59.4 Å². The minimum absolute atomic E-state index is 0.495. The van der Waals surface area contributed by atoms with Crippen LogP contribution in [0.5, 0.6) is 5.75 Å². The standard InChI is InChI=1S/C16H19NO/c1-12(2)16-10-17-9-14(13(16)3)11-18-15-7-5-4-6-8-15/h4-10,12H,11H2,1-3H3. The zero-order valence-electron chi connectivity index (χ0n) is 11.2. The number of rotatable bonds is 4. The second-order valence-corrected chi connectivity index (χ2v) is 4.77. The molecule has 0 saturated heterocycles. The molecule has 0 N–H and O–H groups in total. The molecular weight excluding hydrogens is 222 g/mol. The Morgan fingerprint density at radius 2 is 1.83 bits per heavy atom. The van der Waals surface area contributed by atoms with Crippen LogP contribution in [0.15, 0.2) is 42.7 Å². The molecule has 18 heavy (non-hydrogen) atoms. The highest BCUT2D eigenvalue weighted by Gasteiger charge is 2.08. The van der Waals surface area contributed by atoms with E-state index in [0.717, 1.165) is 11.3 Å². The van der Waals surface area contributed by atoms with Crippen LogP contribution in [0.1, 0.15) is 36.5 Å². The van der Waals surface area contributed by atoms with Crippen molar-refractivity contribution in [2.45, 2.75) is 33.3 Å². The van der Waals surface area contributed by atoms with E-state index >= 15 is 0 Å². The fourth-order valence-corrected chi connectivity index (χ4v) is 1.99. The summed E-state index contributed by atoms with van der Waals surface area (Å²) >= 11 is 0. The third-order valence-electron chi connectivity index (χ3n) is 3.12. The van der Waals surface area contributed by atoms with Crippen LogP contribution in [0, 0.1) is 6.92 Å². The molecule has 0 spiro atoms. The molecule has 2 rings (SSSR count). The molecule has 1 aromatic heterocycles. The van der Waals surface area contributed by atoms with Gasteiger partial charge < -0.3 is 4.74 Å². The van der Waals surface area contributed by atoms with Crippen molar-refractivity contribution in [2.24, 2.45) is 0 Å². The van der Waals surface area contributed by atoms with Gasteiger partial charge in [0, 0.05) is 18.0 Å². The molecule has 0 radical (unpaired) electrons. The summed E-state index contributed by atoms with van der Waals surface area (Å²) in [5, 5.41) is 0. The molecule has 0 bridgehead atoms. The van der Waals surface area contributed by atoms with Crippen LogP contribution in [0.25, 0.3) is 0 Å². The lowest BCUT2D eigenvalue weighted by molar-refractivity contribution is 0.304. The van der Waals surface area contributed by atoms with E-state index < -0.39 is 0 Å². The van der Waals surface area contributed by atoms with E-state index in [1.54, 1.807) is 0 Å². The highest BCUT2D eigenvalue weighted by molar-refractivity contribution is 5.32. The largest absolute Gasteiger partial charge is 0.489 e. The second-order valence-electron chi connectivity index (χ2n) is 4.77. The molecule has 1 aromatic carbocycles. The van der Waals surface area contributed by atoms with Crippen molar-refractivity contribution in [1.29, 1.82) is 0 Å². The molecule has 0 aliphatic rings. The lowest BCUT2D eigenvalue weighted by Crippen LogP contribution is -2.03. The molecule has 0 aliphatic heterocycles. The van der Waals surface area contributed by atoms with Crippen molar-refractivity contribution in [3.8, 4) is 5.75 Å². The molecule has 0 aliphatic carbocycles. The Morgan fingerprint density at radius 1 is 1.11 bits per heavy atom. The first-order chi connectivity index (χ1) is 8.68. The van der Waals surface area contributed by atoms with Crippen LogP contribution >= 0.6 is 0 Å². The van der Waals surface area contributed by atoms with Crippen molar-refractivity contribution >= 4 is 0 Å². The van der Waals surface area contributed by atoms with E-state index in [1.807, 2.05) is 42.7 Å². The van der Waals surface area contributed by atoms with Gasteiger partial charge in [-0.15, -0.1) is 0 Å². The number of hydrogen-bond acceptors (Lipinski definition) is 2. The number of nitrogens with zero attached hydrogens (tertiary/aromatic N) is 1. The zero-order valence-corrected chi connectivity index (χ0v) is 11.2. The minimum atomic E-state index is 0.495. The third kappa shape index (κ3) is 2.89. The lowest BCUT2D eigenvalue weighted by atomic mass is 9.97. The molecule has 2 nitrogen and oxygen atoms in total. The van der Waals surface area contributed by atoms with E-state index in [9.17, 15) is 0 Å². The molecule has 0 atom stereocenters. The lowest BCUT2D eigenvalue weighted by Gasteiger charge is -2.13. The molecule has 0 unspecified atom stereocenters. The molecule has 0 amide bonds. The molecule has 94 valence electrons. The Morgan fingerprint density at radius 3 is 2.50 bits per heavy atom. The Balaban J connectivity index is 2.13. The number of hydrogen-bond donors (Lipinski definition) is 0. The van der Waals surface area contributed by atoms with Gasteiger partial charge in [-0.25, -0.2) is 0 Å². The van der Waals surface area contributed by atoms with Crippen LogP contribution < -0.4 is 4.74 Å². The van der Waals surface area contributed by atoms with Crippen LogP contribution in [0.4, 0.5) is 0 Å². The Hall–Kier alpha value is -1.83. The van der Waals surface area contributed by atoms with Crippen LogP contribution in [0.3, 0.4) is 0 Å². The van der Waals surface area contributed by atoms with E-state index in [4.69, 9.17) is 4.74 Å². The third-order valence-corrected chi connectivity index (χ3v) is 3.12. The van der Waals surface area contributed by atoms with Crippen molar-refractivity contribution in [1.82, 2.24) is 4.98 Å². The molecule has 2 aromatic rings. The summed E-state index contributed by atoms with van der Waals surface area (Å²) in [5.41, 5.74) is 3.74. The van der Waals surface area contributed by atoms with E-state index in [-0.39, 0.29) is 0 Å². The predicted molar refractivity (Wildman–Crippen MR) is 73.8 cm³/mol. The first kappa shape index (κ1) is 12.6. The molecule has 2 heteroatoms. The zero-order chi connectivity index (χ0) is 13.0. The van der Waals surface area contributed by atoms with Crippen LogP contribution in [-0.4, -0.2) is 4.98 Å². The summed E-state index contributed by atoms with van der Waals surface area (Å²) < 4.78 is 5.77. The topological polar surface area (TPSA) is 22.1 Å². The Bertz CT molecular complexity index is 506. The fourth-order valence-electron chi connectivity index (χ4n) is 1.99. The SMILES string of the molecule is Cc1c(COc2ccccc2)cncc1C(C)C. The van der Waals surface area contributed by atoms with Gasteiger partial charge in [-0.2, -0.15) is 0 Å². The van der Waals surface area contributed by atoms with E-state index in [0.29, 0.717) is 12.5 Å². The maximum absolute atomic E-state index is 5.77. The summed E-state index contributed by atoms with van der Waals surface area (Å²) in [6.45, 7) is 7.09. The smallest absolute Gasteiger partial charge is 0.119 e. The maximum Gasteiger partial charge on any atom is 0.119 e. The minimum Gasteiger partial charge on any atom is -0.489 e. The highest BCUT2D eigenvalue weighted by Crippen LogP contribution is 2.21. The highest BCUT2D eigenvalue weighted by atomic mass is 16.5. The molecule has 0 saturated carbocycles. The molecule has 1 heterocycles. The molecular formula is C16H19NO. The Kier molecular flexibility index (Phi) is 3.98. The van der Waals surface area contributed by atoms with Gasteiger partial charge in [-0.05, 0) is 36.1 Å². The van der Waals surface area contributed by atoms with Gasteiger partial charge in [0.15, 0.2) is 0 Å². The first-order valence-electron chi connectivity index (χ1n) is 6.29. The van der Waals surface area contributed by atoms with Gasteiger partial charge in [0.05, 0.1) is 0 Å². The summed E-state index contributed by atoms with van der Waals surface area (Å²) in [4.78, 5) is 4.30. The monoisotopic (exact) mass is 241 g/mol. The second kappa shape index (κ2) is 5.67. The van der Waals surface area contributed by atoms with Gasteiger partial charge in [0.2, 0.25) is 0 Å². The van der Waals surface area contributed by atoms with E-state index in [1.165, 1.54) is 11.1 Å². The van der Waals surface area contributed by atoms with Gasteiger partial charge in [0.25, 0.3) is 0 Å². The van der Waals surface area contributed by atoms with Gasteiger partial charge in [-0.3, -0.25) is 4.98 Å².